The van der Waals surface area contributed by atoms with Crippen LogP contribution in [0, 0.1) is 17.8 Å². The summed E-state index contributed by atoms with van der Waals surface area (Å²) in [7, 11) is 3.46. The second-order valence-electron chi connectivity index (χ2n) is 10.6. The number of fused-ring (bicyclic) bond motifs is 1. The summed E-state index contributed by atoms with van der Waals surface area (Å²) in [5, 5.41) is 10.1. The third kappa shape index (κ3) is 4.83. The lowest BCUT2D eigenvalue weighted by Gasteiger charge is -2.40. The van der Waals surface area contributed by atoms with Crippen LogP contribution in [0.15, 0.2) is 36.5 Å². The summed E-state index contributed by atoms with van der Waals surface area (Å²) >= 11 is 0. The predicted octanol–water partition coefficient (Wildman–Crippen LogP) is 5.90. The summed E-state index contributed by atoms with van der Waals surface area (Å²) < 4.78 is 11.0. The fourth-order valence-corrected chi connectivity index (χ4v) is 6.96. The van der Waals surface area contributed by atoms with Crippen molar-refractivity contribution in [2.75, 3.05) is 32.2 Å². The van der Waals surface area contributed by atoms with Gasteiger partial charge in [-0.05, 0) is 72.9 Å². The number of nitrogens with zero attached hydrogens (tertiary/aromatic N) is 2. The molecular formula is C29H40N2O3. The summed E-state index contributed by atoms with van der Waals surface area (Å²) in [5.41, 5.74) is 5.09. The van der Waals surface area contributed by atoms with Crippen molar-refractivity contribution in [3.05, 3.63) is 53.3 Å². The molecule has 2 atom stereocenters. The van der Waals surface area contributed by atoms with Crippen molar-refractivity contribution in [3.63, 3.8) is 0 Å². The maximum absolute atomic E-state index is 10.1. The summed E-state index contributed by atoms with van der Waals surface area (Å²) in [4.78, 5) is 7.52. The molecule has 0 unspecified atom stereocenters. The Balaban J connectivity index is 1.36. The molecule has 5 nitrogen and oxygen atoms in total. The lowest BCUT2D eigenvalue weighted by atomic mass is 9.65. The molecule has 2 aliphatic carbocycles. The second-order valence-corrected chi connectivity index (χ2v) is 10.6. The molecule has 1 N–H and O–H groups in total. The number of anilines is 1. The smallest absolute Gasteiger partial charge is 0.159 e. The fourth-order valence-electron chi connectivity index (χ4n) is 6.96. The van der Waals surface area contributed by atoms with E-state index in [2.05, 4.69) is 29.3 Å². The second kappa shape index (κ2) is 10.7. The fraction of sp³-hybridized carbons (Fsp3) is 0.621. The topological polar surface area (TPSA) is 54.8 Å². The number of phenolic OH excluding ortho intramolecular Hbond substituents is 1. The van der Waals surface area contributed by atoms with Crippen LogP contribution in [0.4, 0.5) is 5.69 Å². The number of benzene rings is 1. The van der Waals surface area contributed by atoms with Crippen LogP contribution in [-0.2, 0) is 15.9 Å². The number of hydrogen-bond acceptors (Lipinski definition) is 5. The Morgan fingerprint density at radius 3 is 2.38 bits per heavy atom. The van der Waals surface area contributed by atoms with Crippen LogP contribution in [-0.4, -0.2) is 43.7 Å². The van der Waals surface area contributed by atoms with E-state index in [0.29, 0.717) is 23.5 Å². The van der Waals surface area contributed by atoms with Gasteiger partial charge in [0.25, 0.3) is 0 Å². The van der Waals surface area contributed by atoms with Crippen molar-refractivity contribution in [2.24, 2.45) is 17.8 Å². The van der Waals surface area contributed by atoms with Gasteiger partial charge >= 0.3 is 0 Å². The molecule has 1 saturated heterocycles. The lowest BCUT2D eigenvalue weighted by Crippen LogP contribution is -2.39. The van der Waals surface area contributed by atoms with Crippen molar-refractivity contribution in [1.82, 2.24) is 4.98 Å². The monoisotopic (exact) mass is 464 g/mol. The molecule has 0 spiro atoms. The van der Waals surface area contributed by atoms with Crippen LogP contribution in [0.25, 0.3) is 0 Å². The standard InChI is InChI=1S/C29H40N2O3/c1-33-29(34-2)21-14-16-31(17-15-21)23-9-13-27(30-19-23)28-25(20-6-4-3-5-7-20)11-8-22-18-24(32)10-12-26(22)28/h9-10,12-13,18-21,25,28-29,32H,3-8,11,14-17H2,1-2H3/t25-,28+/m1/s1. The van der Waals surface area contributed by atoms with Crippen LogP contribution in [0.3, 0.4) is 0 Å². The minimum Gasteiger partial charge on any atom is -0.508 e. The Hall–Kier alpha value is -2.11. The lowest BCUT2D eigenvalue weighted by molar-refractivity contribution is -0.141. The van der Waals surface area contributed by atoms with Crippen molar-refractivity contribution >= 4 is 5.69 Å². The number of hydrogen-bond donors (Lipinski definition) is 1. The first-order valence-corrected chi connectivity index (χ1v) is 13.3. The summed E-state index contributed by atoms with van der Waals surface area (Å²) in [6.45, 7) is 2.01. The number of ether oxygens (including phenoxy) is 2. The zero-order valence-electron chi connectivity index (χ0n) is 20.8. The van der Waals surface area contributed by atoms with Gasteiger partial charge in [0.05, 0.1) is 11.9 Å². The molecule has 0 amide bonds. The number of aromatic nitrogens is 1. The molecule has 3 aliphatic rings. The number of aryl methyl sites for hydroxylation is 1. The van der Waals surface area contributed by atoms with E-state index in [9.17, 15) is 5.11 Å². The first-order chi connectivity index (χ1) is 16.7. The minimum absolute atomic E-state index is 0.106. The van der Waals surface area contributed by atoms with Crippen LogP contribution in [0.2, 0.25) is 0 Å². The molecule has 2 heterocycles. The van der Waals surface area contributed by atoms with Gasteiger partial charge in [0.15, 0.2) is 6.29 Å². The summed E-state index contributed by atoms with van der Waals surface area (Å²) in [6.07, 6.45) is 13.2. The third-order valence-electron chi connectivity index (χ3n) is 8.74. The van der Waals surface area contributed by atoms with E-state index < -0.39 is 0 Å². The Morgan fingerprint density at radius 2 is 1.71 bits per heavy atom. The van der Waals surface area contributed by atoms with Crippen molar-refractivity contribution in [1.29, 1.82) is 0 Å². The van der Waals surface area contributed by atoms with Gasteiger partial charge in [-0.15, -0.1) is 0 Å². The van der Waals surface area contributed by atoms with E-state index >= 15 is 0 Å². The molecule has 1 aromatic carbocycles. The van der Waals surface area contributed by atoms with Gasteiger partial charge in [-0.2, -0.15) is 0 Å². The average molecular weight is 465 g/mol. The van der Waals surface area contributed by atoms with Gasteiger partial charge < -0.3 is 19.5 Å². The normalized spacial score (nSPS) is 24.4. The molecule has 1 saturated carbocycles. The van der Waals surface area contributed by atoms with E-state index in [4.69, 9.17) is 14.5 Å². The Labute approximate surface area is 204 Å². The maximum atomic E-state index is 10.1. The Morgan fingerprint density at radius 1 is 0.941 bits per heavy atom. The number of methoxy groups -OCH3 is 2. The third-order valence-corrected chi connectivity index (χ3v) is 8.74. The molecular weight excluding hydrogens is 424 g/mol. The van der Waals surface area contributed by atoms with Gasteiger partial charge in [0.1, 0.15) is 5.75 Å². The molecule has 184 valence electrons. The van der Waals surface area contributed by atoms with E-state index in [-0.39, 0.29) is 6.29 Å². The summed E-state index contributed by atoms with van der Waals surface area (Å²) in [5.74, 6) is 2.59. The number of piperidine rings is 1. The highest BCUT2D eigenvalue weighted by Crippen LogP contribution is 2.48. The number of rotatable bonds is 6. The molecule has 1 aliphatic heterocycles. The van der Waals surface area contributed by atoms with Crippen LogP contribution < -0.4 is 4.90 Å². The van der Waals surface area contributed by atoms with Gasteiger partial charge in [0.2, 0.25) is 0 Å². The largest absolute Gasteiger partial charge is 0.508 e. The molecule has 0 radical (unpaired) electrons. The number of phenols is 1. The molecule has 0 bridgehead atoms. The zero-order valence-corrected chi connectivity index (χ0v) is 20.8. The first-order valence-electron chi connectivity index (χ1n) is 13.3. The zero-order chi connectivity index (χ0) is 23.5. The Bertz CT molecular complexity index is 929. The van der Waals surface area contributed by atoms with Crippen molar-refractivity contribution in [2.45, 2.75) is 70.0 Å². The van der Waals surface area contributed by atoms with E-state index in [1.165, 1.54) is 61.0 Å². The van der Waals surface area contributed by atoms with Crippen LogP contribution in [0.1, 0.15) is 74.1 Å². The van der Waals surface area contributed by atoms with Gasteiger partial charge in [-0.1, -0.05) is 38.2 Å². The molecule has 34 heavy (non-hydrogen) atoms. The highest BCUT2D eigenvalue weighted by Gasteiger charge is 2.37. The van der Waals surface area contributed by atoms with Crippen LogP contribution >= 0.6 is 0 Å². The SMILES string of the molecule is COC(OC)C1CCN(c2ccc([C@@H]3c4ccc(O)cc4CC[C@@H]3C3CCCCC3)nc2)CC1. The van der Waals surface area contributed by atoms with Crippen molar-refractivity contribution in [3.8, 4) is 5.75 Å². The quantitative estimate of drug-likeness (QED) is 0.540. The molecule has 5 rings (SSSR count). The number of aromatic hydroxyl groups is 1. The van der Waals surface area contributed by atoms with Gasteiger partial charge in [-0.3, -0.25) is 4.98 Å². The van der Waals surface area contributed by atoms with E-state index in [1.54, 1.807) is 14.2 Å². The molecule has 2 fully saturated rings. The van der Waals surface area contributed by atoms with Gasteiger partial charge in [0, 0.05) is 44.8 Å². The highest BCUT2D eigenvalue weighted by atomic mass is 16.7. The van der Waals surface area contributed by atoms with Crippen molar-refractivity contribution < 1.29 is 14.6 Å². The first kappa shape index (κ1) is 23.6. The van der Waals surface area contributed by atoms with Gasteiger partial charge in [-0.25, -0.2) is 0 Å². The maximum Gasteiger partial charge on any atom is 0.159 e. The molecule has 1 aromatic heterocycles. The van der Waals surface area contributed by atoms with Crippen LogP contribution in [0.5, 0.6) is 5.75 Å². The minimum atomic E-state index is -0.106. The Kier molecular flexibility index (Phi) is 7.40. The van der Waals surface area contributed by atoms with E-state index in [0.717, 1.165) is 38.3 Å². The predicted molar refractivity (Wildman–Crippen MR) is 135 cm³/mol. The van der Waals surface area contributed by atoms with E-state index in [1.807, 2.05) is 12.1 Å². The number of pyridine rings is 1. The average Bonchev–Trinajstić information content (AvgIpc) is 2.90. The molecule has 2 aromatic rings. The summed E-state index contributed by atoms with van der Waals surface area (Å²) in [6, 6.07) is 10.6. The molecule has 5 heteroatoms. The highest BCUT2D eigenvalue weighted by molar-refractivity contribution is 5.48.